The highest BCUT2D eigenvalue weighted by atomic mass is 16.3. The van der Waals surface area contributed by atoms with E-state index in [1.807, 2.05) is 51.7 Å². The number of nitrogens with zero attached hydrogens (tertiary/aromatic N) is 3. The molecule has 0 atom stereocenters. The summed E-state index contributed by atoms with van der Waals surface area (Å²) in [6.45, 7) is 12.1. The second kappa shape index (κ2) is 14.6. The number of nitrogen functional groups attached to an aromatic ring is 1. The average molecular weight is 377 g/mol. The lowest BCUT2D eigenvalue weighted by molar-refractivity contribution is -0.132. The maximum Gasteiger partial charge on any atom is 0.244 e. The quantitative estimate of drug-likeness (QED) is 0.821. The molecule has 6 heteroatoms. The third kappa shape index (κ3) is 10.3. The van der Waals surface area contributed by atoms with Crippen molar-refractivity contribution in [3.8, 4) is 5.75 Å². The Morgan fingerprint density at radius 1 is 1.07 bits per heavy atom. The van der Waals surface area contributed by atoms with Crippen LogP contribution in [0.4, 0.5) is 5.69 Å². The SMILES string of the molecule is CC.CC.Cc1ccc(O)cc1.Nc1cnn(CC(=O)N2CCCCC2)c1. The second-order valence-corrected chi connectivity index (χ2v) is 5.75. The molecule has 0 aliphatic carbocycles. The molecule has 152 valence electrons. The molecular weight excluding hydrogens is 340 g/mol. The van der Waals surface area contributed by atoms with Crippen molar-refractivity contribution in [3.05, 3.63) is 42.2 Å². The number of likely N-dealkylation sites (tertiary alicyclic amines) is 1. The summed E-state index contributed by atoms with van der Waals surface area (Å²) in [5.41, 5.74) is 7.29. The maximum atomic E-state index is 11.8. The number of anilines is 1. The van der Waals surface area contributed by atoms with Gasteiger partial charge in [-0.2, -0.15) is 5.10 Å². The average Bonchev–Trinajstić information content (AvgIpc) is 3.13. The van der Waals surface area contributed by atoms with E-state index in [9.17, 15) is 4.79 Å². The van der Waals surface area contributed by atoms with Crippen LogP contribution in [0.1, 0.15) is 52.5 Å². The summed E-state index contributed by atoms with van der Waals surface area (Å²) in [5.74, 6) is 0.466. The lowest BCUT2D eigenvalue weighted by Crippen LogP contribution is -2.37. The van der Waals surface area contributed by atoms with E-state index >= 15 is 0 Å². The van der Waals surface area contributed by atoms with Gasteiger partial charge in [-0.15, -0.1) is 0 Å². The highest BCUT2D eigenvalue weighted by Gasteiger charge is 2.16. The van der Waals surface area contributed by atoms with E-state index < -0.39 is 0 Å². The number of carbonyl (C=O) groups is 1. The van der Waals surface area contributed by atoms with Crippen molar-refractivity contribution in [1.82, 2.24) is 14.7 Å². The van der Waals surface area contributed by atoms with Gasteiger partial charge in [0.1, 0.15) is 12.3 Å². The zero-order chi connectivity index (χ0) is 20.7. The molecule has 1 aliphatic heterocycles. The molecule has 3 rings (SSSR count). The highest BCUT2D eigenvalue weighted by Crippen LogP contribution is 2.09. The van der Waals surface area contributed by atoms with Gasteiger partial charge in [-0.25, -0.2) is 0 Å². The number of aryl methyl sites for hydroxylation is 1. The Morgan fingerprint density at radius 2 is 1.63 bits per heavy atom. The minimum absolute atomic E-state index is 0.137. The lowest BCUT2D eigenvalue weighted by atomic mass is 10.1. The molecule has 0 radical (unpaired) electrons. The van der Waals surface area contributed by atoms with Crippen LogP contribution in [0.25, 0.3) is 0 Å². The van der Waals surface area contributed by atoms with Crippen molar-refractivity contribution in [3.63, 3.8) is 0 Å². The molecule has 1 saturated heterocycles. The summed E-state index contributed by atoms with van der Waals surface area (Å²) >= 11 is 0. The summed E-state index contributed by atoms with van der Waals surface area (Å²) in [7, 11) is 0. The van der Waals surface area contributed by atoms with Gasteiger partial charge in [0.15, 0.2) is 0 Å². The Bertz CT molecular complexity index is 596. The van der Waals surface area contributed by atoms with Gasteiger partial charge >= 0.3 is 0 Å². The van der Waals surface area contributed by atoms with Gasteiger partial charge < -0.3 is 15.7 Å². The van der Waals surface area contributed by atoms with E-state index in [4.69, 9.17) is 10.8 Å². The van der Waals surface area contributed by atoms with E-state index in [0.29, 0.717) is 18.0 Å². The van der Waals surface area contributed by atoms with Crippen molar-refractivity contribution in [2.45, 2.75) is 60.4 Å². The van der Waals surface area contributed by atoms with E-state index in [-0.39, 0.29) is 5.91 Å². The monoisotopic (exact) mass is 376 g/mol. The van der Waals surface area contributed by atoms with Gasteiger partial charge in [-0.3, -0.25) is 9.48 Å². The first kappa shape index (κ1) is 24.5. The van der Waals surface area contributed by atoms with Gasteiger partial charge in [0, 0.05) is 19.3 Å². The summed E-state index contributed by atoms with van der Waals surface area (Å²) in [6, 6.07) is 7.09. The van der Waals surface area contributed by atoms with Gasteiger partial charge in [-0.05, 0) is 38.3 Å². The molecule has 1 aromatic heterocycles. The molecule has 1 amide bonds. The minimum atomic E-state index is 0.137. The Kier molecular flexibility index (Phi) is 13.3. The Morgan fingerprint density at radius 3 is 2.07 bits per heavy atom. The van der Waals surface area contributed by atoms with E-state index in [1.165, 1.54) is 12.0 Å². The van der Waals surface area contributed by atoms with Crippen molar-refractivity contribution < 1.29 is 9.90 Å². The second-order valence-electron chi connectivity index (χ2n) is 5.75. The van der Waals surface area contributed by atoms with E-state index in [1.54, 1.807) is 29.2 Å². The van der Waals surface area contributed by atoms with Crippen molar-refractivity contribution in [2.24, 2.45) is 0 Å². The number of hydrogen-bond donors (Lipinski definition) is 2. The lowest BCUT2D eigenvalue weighted by Gasteiger charge is -2.26. The molecule has 2 aromatic rings. The van der Waals surface area contributed by atoms with Crippen LogP contribution in [-0.4, -0.2) is 38.8 Å². The number of hydrogen-bond acceptors (Lipinski definition) is 4. The molecule has 0 unspecified atom stereocenters. The molecule has 1 fully saturated rings. The molecule has 3 N–H and O–H groups in total. The third-order valence-electron chi connectivity index (χ3n) is 3.69. The molecule has 0 saturated carbocycles. The first-order chi connectivity index (χ1) is 13.0. The van der Waals surface area contributed by atoms with Crippen LogP contribution in [0.5, 0.6) is 5.75 Å². The van der Waals surface area contributed by atoms with Crippen molar-refractivity contribution >= 4 is 11.6 Å². The molecule has 6 nitrogen and oxygen atoms in total. The Labute approximate surface area is 164 Å². The van der Waals surface area contributed by atoms with Crippen LogP contribution >= 0.6 is 0 Å². The van der Waals surface area contributed by atoms with Crippen LogP contribution in [0.15, 0.2) is 36.7 Å². The highest BCUT2D eigenvalue weighted by molar-refractivity contribution is 5.76. The van der Waals surface area contributed by atoms with Gasteiger partial charge in [0.2, 0.25) is 5.91 Å². The topological polar surface area (TPSA) is 84.4 Å². The fraction of sp³-hybridized carbons (Fsp3) is 0.524. The standard InChI is InChI=1S/C10H16N4O.C7H8O.2C2H6/c11-9-6-12-14(7-9)8-10(15)13-4-2-1-3-5-13;1-6-2-4-7(8)5-3-6;2*1-2/h6-7H,1-5,8,11H2;2-5,8H,1H3;2*1-2H3. The van der Waals surface area contributed by atoms with Crippen LogP contribution < -0.4 is 5.73 Å². The molecule has 1 aliphatic rings. The van der Waals surface area contributed by atoms with Crippen LogP contribution in [0, 0.1) is 6.92 Å². The summed E-state index contributed by atoms with van der Waals surface area (Å²) in [4.78, 5) is 13.7. The van der Waals surface area contributed by atoms with Crippen LogP contribution in [-0.2, 0) is 11.3 Å². The largest absolute Gasteiger partial charge is 0.508 e. The third-order valence-corrected chi connectivity index (χ3v) is 3.69. The van der Waals surface area contributed by atoms with Crippen molar-refractivity contribution in [2.75, 3.05) is 18.8 Å². The number of aromatic nitrogens is 2. The number of aromatic hydroxyl groups is 1. The van der Waals surface area contributed by atoms with Crippen LogP contribution in [0.2, 0.25) is 0 Å². The number of benzene rings is 1. The molecule has 0 bridgehead atoms. The number of phenolic OH excluding ortho intramolecular Hbond substituents is 1. The van der Waals surface area contributed by atoms with Crippen molar-refractivity contribution in [1.29, 1.82) is 0 Å². The Hall–Kier alpha value is -2.50. The predicted molar refractivity (Wildman–Crippen MR) is 113 cm³/mol. The predicted octanol–water partition coefficient (Wildman–Crippen LogP) is 4.23. The van der Waals surface area contributed by atoms with Gasteiger partial charge in [0.05, 0.1) is 11.9 Å². The Balaban J connectivity index is 0.000000477. The number of rotatable bonds is 2. The summed E-state index contributed by atoms with van der Waals surface area (Å²) in [6.07, 6.45) is 6.71. The van der Waals surface area contributed by atoms with E-state index in [2.05, 4.69) is 5.10 Å². The fourth-order valence-corrected chi connectivity index (χ4v) is 2.39. The zero-order valence-electron chi connectivity index (χ0n) is 17.5. The number of nitrogens with two attached hydrogens (primary N) is 1. The first-order valence-corrected chi connectivity index (χ1v) is 9.86. The number of amides is 1. The fourth-order valence-electron chi connectivity index (χ4n) is 2.39. The minimum Gasteiger partial charge on any atom is -0.508 e. The molecule has 27 heavy (non-hydrogen) atoms. The van der Waals surface area contributed by atoms with E-state index in [0.717, 1.165) is 25.9 Å². The smallest absolute Gasteiger partial charge is 0.244 e. The van der Waals surface area contributed by atoms with Gasteiger partial charge in [-0.1, -0.05) is 45.4 Å². The summed E-state index contributed by atoms with van der Waals surface area (Å²) < 4.78 is 1.59. The van der Waals surface area contributed by atoms with Crippen LogP contribution in [0.3, 0.4) is 0 Å². The number of carbonyl (C=O) groups excluding carboxylic acids is 1. The normalized spacial score (nSPS) is 12.4. The number of piperidine rings is 1. The number of phenols is 1. The zero-order valence-corrected chi connectivity index (χ0v) is 17.5. The molecule has 0 spiro atoms. The van der Waals surface area contributed by atoms with Gasteiger partial charge in [0.25, 0.3) is 0 Å². The molecule has 1 aromatic carbocycles. The molecule has 2 heterocycles. The maximum absolute atomic E-state index is 11.8. The molecular formula is C21H36N4O2. The summed E-state index contributed by atoms with van der Waals surface area (Å²) in [5, 5.41) is 12.8. The first-order valence-electron chi connectivity index (χ1n) is 9.86.